The second kappa shape index (κ2) is 6.41. The molecule has 1 unspecified atom stereocenters. The summed E-state index contributed by atoms with van der Waals surface area (Å²) in [5.74, 6) is 0.000617. The zero-order chi connectivity index (χ0) is 14.7. The summed E-state index contributed by atoms with van der Waals surface area (Å²) in [4.78, 5) is 12.1. The smallest absolute Gasteiger partial charge is 0.336 e. The fraction of sp³-hybridized carbons (Fsp3) is 0.588. The summed E-state index contributed by atoms with van der Waals surface area (Å²) in [5.41, 5.74) is 0.545. The van der Waals surface area contributed by atoms with Crippen LogP contribution < -0.4 is 0 Å². The molecule has 1 aliphatic carbocycles. The van der Waals surface area contributed by atoms with E-state index in [1.807, 2.05) is 12.1 Å². The lowest BCUT2D eigenvalue weighted by atomic mass is 9.83. The highest BCUT2D eigenvalue weighted by Crippen LogP contribution is 2.43. The summed E-state index contributed by atoms with van der Waals surface area (Å²) < 4.78 is 6.34. The average molecular weight is 306 g/mol. The van der Waals surface area contributed by atoms with Crippen LogP contribution in [0.15, 0.2) is 29.2 Å². The highest BCUT2D eigenvalue weighted by atomic mass is 32.2. The number of thioether (sulfide) groups is 1. The lowest BCUT2D eigenvalue weighted by Crippen LogP contribution is -2.32. The quantitative estimate of drug-likeness (QED) is 0.840. The number of rotatable bonds is 4. The van der Waals surface area contributed by atoms with Crippen molar-refractivity contribution in [2.24, 2.45) is 0 Å². The van der Waals surface area contributed by atoms with Crippen molar-refractivity contribution in [2.75, 3.05) is 5.75 Å². The Morgan fingerprint density at radius 1 is 1.24 bits per heavy atom. The molecule has 3 nitrogen and oxygen atoms in total. The maximum Gasteiger partial charge on any atom is 0.336 e. The highest BCUT2D eigenvalue weighted by Gasteiger charge is 2.40. The molecule has 0 aromatic heterocycles. The van der Waals surface area contributed by atoms with Gasteiger partial charge in [-0.15, -0.1) is 11.8 Å². The Morgan fingerprint density at radius 3 is 2.76 bits per heavy atom. The normalized spacial score (nSPS) is 24.3. The molecule has 21 heavy (non-hydrogen) atoms. The van der Waals surface area contributed by atoms with E-state index >= 15 is 0 Å². The van der Waals surface area contributed by atoms with Crippen LogP contribution in [0.25, 0.3) is 0 Å². The molecule has 1 heterocycles. The van der Waals surface area contributed by atoms with Crippen LogP contribution in [0.1, 0.15) is 55.3 Å². The van der Waals surface area contributed by atoms with Crippen LogP contribution in [0.2, 0.25) is 0 Å². The van der Waals surface area contributed by atoms with Crippen LogP contribution in [-0.4, -0.2) is 28.5 Å². The zero-order valence-electron chi connectivity index (χ0n) is 12.2. The summed E-state index contributed by atoms with van der Waals surface area (Å²) in [7, 11) is 0. The predicted molar refractivity (Wildman–Crippen MR) is 84.0 cm³/mol. The lowest BCUT2D eigenvalue weighted by Gasteiger charge is -2.33. The molecule has 1 saturated carbocycles. The second-order valence-electron chi connectivity index (χ2n) is 6.13. The number of carboxylic acids is 1. The molecule has 3 rings (SSSR count). The van der Waals surface area contributed by atoms with Crippen molar-refractivity contribution in [3.8, 4) is 0 Å². The predicted octanol–water partition coefficient (Wildman–Crippen LogP) is 4.36. The standard InChI is InChI=1S/C17H22O3S/c18-16(19)14-6-2-3-7-15(14)21-12-13-8-11-17(20-13)9-4-1-5-10-17/h2-3,6-7,13H,1,4-5,8-12H2,(H,18,19). The number of ether oxygens (including phenoxy) is 1. The Balaban J connectivity index is 1.58. The first-order valence-electron chi connectivity index (χ1n) is 7.81. The van der Waals surface area contributed by atoms with Crippen molar-refractivity contribution in [1.82, 2.24) is 0 Å². The van der Waals surface area contributed by atoms with Crippen LogP contribution in [-0.2, 0) is 4.74 Å². The first-order chi connectivity index (χ1) is 10.2. The van der Waals surface area contributed by atoms with Crippen LogP contribution in [0, 0.1) is 0 Å². The summed E-state index contributed by atoms with van der Waals surface area (Å²) in [6.45, 7) is 0. The molecule has 2 fully saturated rings. The number of benzene rings is 1. The molecular weight excluding hydrogens is 284 g/mol. The third-order valence-electron chi connectivity index (χ3n) is 4.65. The topological polar surface area (TPSA) is 46.5 Å². The molecule has 1 spiro atoms. The molecular formula is C17H22O3S. The Morgan fingerprint density at radius 2 is 2.00 bits per heavy atom. The van der Waals surface area contributed by atoms with Crippen molar-refractivity contribution in [1.29, 1.82) is 0 Å². The molecule has 1 aromatic rings. The first kappa shape index (κ1) is 14.9. The van der Waals surface area contributed by atoms with Crippen molar-refractivity contribution < 1.29 is 14.6 Å². The van der Waals surface area contributed by atoms with E-state index in [1.54, 1.807) is 23.9 Å². The SMILES string of the molecule is O=C(O)c1ccccc1SCC1CCC2(CCCCC2)O1. The van der Waals surface area contributed by atoms with Gasteiger partial charge in [-0.25, -0.2) is 4.79 Å². The van der Waals surface area contributed by atoms with Gasteiger partial charge in [0.25, 0.3) is 0 Å². The van der Waals surface area contributed by atoms with E-state index in [4.69, 9.17) is 4.74 Å². The molecule has 1 aromatic carbocycles. The van der Waals surface area contributed by atoms with E-state index in [9.17, 15) is 9.90 Å². The average Bonchev–Trinajstić information content (AvgIpc) is 2.89. The molecule has 4 heteroatoms. The van der Waals surface area contributed by atoms with Crippen LogP contribution in [0.3, 0.4) is 0 Å². The fourth-order valence-electron chi connectivity index (χ4n) is 3.53. The van der Waals surface area contributed by atoms with E-state index in [-0.39, 0.29) is 11.7 Å². The van der Waals surface area contributed by atoms with E-state index < -0.39 is 5.97 Å². The number of carbonyl (C=O) groups is 1. The van der Waals surface area contributed by atoms with E-state index in [1.165, 1.54) is 38.5 Å². The van der Waals surface area contributed by atoms with E-state index in [2.05, 4.69) is 0 Å². The van der Waals surface area contributed by atoms with Gasteiger partial charge in [0.1, 0.15) is 0 Å². The van der Waals surface area contributed by atoms with E-state index in [0.29, 0.717) is 5.56 Å². The van der Waals surface area contributed by atoms with Gasteiger partial charge in [0.05, 0.1) is 17.3 Å². The summed E-state index contributed by atoms with van der Waals surface area (Å²) in [6.07, 6.45) is 8.91. The molecule has 1 aliphatic heterocycles. The molecule has 2 aliphatic rings. The van der Waals surface area contributed by atoms with Crippen LogP contribution in [0.4, 0.5) is 0 Å². The van der Waals surface area contributed by atoms with Crippen LogP contribution >= 0.6 is 11.8 Å². The van der Waals surface area contributed by atoms with Gasteiger partial charge in [-0.05, 0) is 37.8 Å². The van der Waals surface area contributed by atoms with Gasteiger partial charge in [0, 0.05) is 10.6 Å². The van der Waals surface area contributed by atoms with Gasteiger partial charge < -0.3 is 9.84 Å². The molecule has 114 valence electrons. The lowest BCUT2D eigenvalue weighted by molar-refractivity contribution is -0.0555. The molecule has 1 saturated heterocycles. The number of hydrogen-bond donors (Lipinski definition) is 1. The van der Waals surface area contributed by atoms with Gasteiger partial charge in [-0.1, -0.05) is 31.4 Å². The molecule has 0 radical (unpaired) electrons. The maximum absolute atomic E-state index is 11.2. The second-order valence-corrected chi connectivity index (χ2v) is 7.20. The van der Waals surface area contributed by atoms with Crippen molar-refractivity contribution in [3.05, 3.63) is 29.8 Å². The van der Waals surface area contributed by atoms with Crippen molar-refractivity contribution in [3.63, 3.8) is 0 Å². The molecule has 0 bridgehead atoms. The monoisotopic (exact) mass is 306 g/mol. The number of carboxylic acid groups (broad SMARTS) is 1. The van der Waals surface area contributed by atoms with Gasteiger partial charge in [0.15, 0.2) is 0 Å². The van der Waals surface area contributed by atoms with Crippen molar-refractivity contribution >= 4 is 17.7 Å². The zero-order valence-corrected chi connectivity index (χ0v) is 13.0. The van der Waals surface area contributed by atoms with Crippen LogP contribution in [0.5, 0.6) is 0 Å². The minimum absolute atomic E-state index is 0.149. The Hall–Kier alpha value is -1.00. The Labute approximate surface area is 130 Å². The van der Waals surface area contributed by atoms with Gasteiger partial charge in [0.2, 0.25) is 0 Å². The number of aromatic carboxylic acids is 1. The summed E-state index contributed by atoms with van der Waals surface area (Å²) in [5, 5.41) is 9.21. The molecule has 1 N–H and O–H groups in total. The minimum Gasteiger partial charge on any atom is -0.478 e. The summed E-state index contributed by atoms with van der Waals surface area (Å²) >= 11 is 1.61. The van der Waals surface area contributed by atoms with Gasteiger partial charge in [-0.3, -0.25) is 0 Å². The maximum atomic E-state index is 11.2. The van der Waals surface area contributed by atoms with E-state index in [0.717, 1.165) is 17.1 Å². The van der Waals surface area contributed by atoms with Gasteiger partial charge >= 0.3 is 5.97 Å². The van der Waals surface area contributed by atoms with Crippen molar-refractivity contribution in [2.45, 2.75) is 61.5 Å². The Kier molecular flexibility index (Phi) is 4.55. The largest absolute Gasteiger partial charge is 0.478 e. The summed E-state index contributed by atoms with van der Waals surface area (Å²) in [6, 6.07) is 7.23. The van der Waals surface area contributed by atoms with Gasteiger partial charge in [-0.2, -0.15) is 0 Å². The third kappa shape index (κ3) is 3.43. The highest BCUT2D eigenvalue weighted by molar-refractivity contribution is 7.99. The Bertz CT molecular complexity index is 509. The fourth-order valence-corrected chi connectivity index (χ4v) is 4.61. The first-order valence-corrected chi connectivity index (χ1v) is 8.80. The minimum atomic E-state index is -0.853. The molecule has 0 amide bonds. The number of hydrogen-bond acceptors (Lipinski definition) is 3. The molecule has 1 atom stereocenters. The third-order valence-corrected chi connectivity index (χ3v) is 5.85.